The van der Waals surface area contributed by atoms with E-state index in [9.17, 15) is 35.9 Å². The van der Waals surface area contributed by atoms with Gasteiger partial charge in [-0.2, -0.15) is 26.3 Å². The van der Waals surface area contributed by atoms with Crippen LogP contribution in [0.25, 0.3) is 0 Å². The number of nitrogens with zero attached hydrogens (tertiary/aromatic N) is 3. The van der Waals surface area contributed by atoms with E-state index in [1.54, 1.807) is 6.07 Å². The fourth-order valence-electron chi connectivity index (χ4n) is 4.17. The summed E-state index contributed by atoms with van der Waals surface area (Å²) in [6, 6.07) is 5.39. The molecule has 2 aliphatic heterocycles. The molecule has 0 saturated carbocycles. The zero-order valence-electron chi connectivity index (χ0n) is 18.8. The highest BCUT2D eigenvalue weighted by Gasteiger charge is 2.60. The maximum atomic E-state index is 12.7. The van der Waals surface area contributed by atoms with E-state index in [-0.39, 0.29) is 38.1 Å². The van der Waals surface area contributed by atoms with Crippen LogP contribution in [0.4, 0.5) is 36.8 Å². The molecule has 2 heterocycles. The van der Waals surface area contributed by atoms with E-state index in [0.717, 1.165) is 22.6 Å². The number of ether oxygens (including phenoxy) is 1. The second-order valence-electron chi connectivity index (χ2n) is 8.52. The predicted octanol–water partition coefficient (Wildman–Crippen LogP) is 3.80. The summed E-state index contributed by atoms with van der Waals surface area (Å²) in [6.45, 7) is 3.49. The average molecular weight is 531 g/mol. The first-order chi connectivity index (χ1) is 16.2. The molecule has 2 saturated heterocycles. The normalized spacial score (nSPS) is 19.9. The minimum atomic E-state index is -5.75. The van der Waals surface area contributed by atoms with Crippen molar-refractivity contribution in [1.29, 1.82) is 0 Å². The van der Waals surface area contributed by atoms with Gasteiger partial charge in [-0.1, -0.05) is 17.7 Å². The Morgan fingerprint density at radius 2 is 1.71 bits per heavy atom. The van der Waals surface area contributed by atoms with Crippen LogP contribution in [-0.4, -0.2) is 85.6 Å². The van der Waals surface area contributed by atoms with Gasteiger partial charge in [0.2, 0.25) is 5.91 Å². The van der Waals surface area contributed by atoms with Crippen molar-refractivity contribution in [2.45, 2.75) is 44.4 Å². The predicted molar refractivity (Wildman–Crippen MR) is 115 cm³/mol. The summed E-state index contributed by atoms with van der Waals surface area (Å²) >= 11 is 6.19. The lowest BCUT2D eigenvalue weighted by Gasteiger charge is -2.36. The van der Waals surface area contributed by atoms with Gasteiger partial charge in [-0.05, 0) is 24.1 Å². The standard InChI is InChI=1S/C21H25ClF6N4O3/c1-13(33)29-16-4-5-32(12-16)17-10-15(22)3-2-14(17)11-30-6-8-31(9-7-30)19(34)35-18(20(23,24)25)21(26,27)28/h2-3,10,16,18H,4-9,11-12H2,1H3,(H,29,33). The minimum absolute atomic E-state index is 0.00566. The molecule has 0 bridgehead atoms. The minimum Gasteiger partial charge on any atom is -0.426 e. The van der Waals surface area contributed by atoms with Gasteiger partial charge in [0.15, 0.2) is 0 Å². The highest BCUT2D eigenvalue weighted by molar-refractivity contribution is 6.30. The van der Waals surface area contributed by atoms with Crippen molar-refractivity contribution < 1.29 is 40.7 Å². The first-order valence-corrected chi connectivity index (χ1v) is 11.2. The molecule has 35 heavy (non-hydrogen) atoms. The second kappa shape index (κ2) is 10.7. The molecular formula is C21H25ClF6N4O3. The molecule has 1 aromatic rings. The maximum Gasteiger partial charge on any atom is 0.434 e. The van der Waals surface area contributed by atoms with E-state index in [4.69, 9.17) is 11.6 Å². The van der Waals surface area contributed by atoms with E-state index in [1.807, 2.05) is 17.0 Å². The number of halogens is 7. The number of hydrogen-bond acceptors (Lipinski definition) is 5. The highest BCUT2D eigenvalue weighted by Crippen LogP contribution is 2.36. The lowest BCUT2D eigenvalue weighted by Crippen LogP contribution is -2.52. The largest absolute Gasteiger partial charge is 0.434 e. The Morgan fingerprint density at radius 3 is 2.29 bits per heavy atom. The molecule has 14 heteroatoms. The van der Waals surface area contributed by atoms with Gasteiger partial charge >= 0.3 is 18.4 Å². The third-order valence-corrected chi connectivity index (χ3v) is 6.06. The molecule has 2 amide bonds. The van der Waals surface area contributed by atoms with Gasteiger partial charge < -0.3 is 19.9 Å². The number of nitrogens with one attached hydrogen (secondary N) is 1. The van der Waals surface area contributed by atoms with Gasteiger partial charge in [0.05, 0.1) is 0 Å². The molecule has 0 radical (unpaired) electrons. The first-order valence-electron chi connectivity index (χ1n) is 10.9. The molecule has 3 rings (SSSR count). The maximum absolute atomic E-state index is 12.7. The number of rotatable bonds is 5. The van der Waals surface area contributed by atoms with Crippen LogP contribution in [0.15, 0.2) is 18.2 Å². The van der Waals surface area contributed by atoms with E-state index in [2.05, 4.69) is 15.0 Å². The van der Waals surface area contributed by atoms with Crippen molar-refractivity contribution in [2.75, 3.05) is 44.2 Å². The SMILES string of the molecule is CC(=O)NC1CCN(c2cc(Cl)ccc2CN2CCN(C(=O)OC(C(F)(F)F)C(F)(F)F)CC2)C1. The van der Waals surface area contributed by atoms with Crippen LogP contribution in [0.5, 0.6) is 0 Å². The van der Waals surface area contributed by atoms with Crippen LogP contribution in [0.3, 0.4) is 0 Å². The van der Waals surface area contributed by atoms with E-state index in [1.165, 1.54) is 6.92 Å². The van der Waals surface area contributed by atoms with Crippen molar-refractivity contribution in [2.24, 2.45) is 0 Å². The zero-order valence-corrected chi connectivity index (χ0v) is 19.5. The van der Waals surface area contributed by atoms with Crippen LogP contribution < -0.4 is 10.2 Å². The Labute approximate surface area is 202 Å². The summed E-state index contributed by atoms with van der Waals surface area (Å²) in [4.78, 5) is 28.2. The summed E-state index contributed by atoms with van der Waals surface area (Å²) in [5.74, 6) is -0.114. The van der Waals surface area contributed by atoms with E-state index in [0.29, 0.717) is 24.7 Å². The van der Waals surface area contributed by atoms with Gasteiger partial charge in [-0.25, -0.2) is 4.79 Å². The van der Waals surface area contributed by atoms with Gasteiger partial charge in [0.25, 0.3) is 6.10 Å². The molecule has 1 unspecified atom stereocenters. The van der Waals surface area contributed by atoms with Crippen LogP contribution in [0, 0.1) is 0 Å². The quantitative estimate of drug-likeness (QED) is 0.587. The van der Waals surface area contributed by atoms with Crippen LogP contribution in [0.2, 0.25) is 5.02 Å². The molecule has 7 nitrogen and oxygen atoms in total. The van der Waals surface area contributed by atoms with Crippen molar-refractivity contribution >= 4 is 29.3 Å². The van der Waals surface area contributed by atoms with Crippen LogP contribution in [-0.2, 0) is 16.1 Å². The van der Waals surface area contributed by atoms with Crippen molar-refractivity contribution in [3.8, 4) is 0 Å². The fraction of sp³-hybridized carbons (Fsp3) is 0.619. The summed E-state index contributed by atoms with van der Waals surface area (Å²) in [5, 5.41) is 3.42. The summed E-state index contributed by atoms with van der Waals surface area (Å²) in [7, 11) is 0. The molecule has 1 aromatic carbocycles. The topological polar surface area (TPSA) is 65.1 Å². The lowest BCUT2D eigenvalue weighted by molar-refractivity contribution is -0.308. The molecule has 0 spiro atoms. The molecule has 0 aliphatic carbocycles. The number of carbonyl (C=O) groups excluding carboxylic acids is 2. The van der Waals surface area contributed by atoms with Gasteiger partial charge in [0, 0.05) is 69.5 Å². The van der Waals surface area contributed by atoms with Crippen molar-refractivity contribution in [1.82, 2.24) is 15.1 Å². The van der Waals surface area contributed by atoms with E-state index >= 15 is 0 Å². The first kappa shape index (κ1) is 27.2. The highest BCUT2D eigenvalue weighted by atomic mass is 35.5. The smallest absolute Gasteiger partial charge is 0.426 e. The second-order valence-corrected chi connectivity index (χ2v) is 8.95. The zero-order chi connectivity index (χ0) is 26.0. The van der Waals surface area contributed by atoms with Gasteiger partial charge in [-0.15, -0.1) is 0 Å². The molecular weight excluding hydrogens is 506 g/mol. The monoisotopic (exact) mass is 530 g/mol. The Balaban J connectivity index is 1.59. The Bertz CT molecular complexity index is 907. The summed E-state index contributed by atoms with van der Waals surface area (Å²) in [5.41, 5.74) is 1.80. The Kier molecular flexibility index (Phi) is 8.30. The van der Waals surface area contributed by atoms with E-state index < -0.39 is 24.5 Å². The fourth-order valence-corrected chi connectivity index (χ4v) is 4.34. The molecule has 196 valence electrons. The molecule has 2 aliphatic rings. The Morgan fingerprint density at radius 1 is 1.09 bits per heavy atom. The van der Waals surface area contributed by atoms with Crippen molar-refractivity contribution in [3.05, 3.63) is 28.8 Å². The molecule has 1 N–H and O–H groups in total. The summed E-state index contributed by atoms with van der Waals surface area (Å²) < 4.78 is 79.8. The number of carbonyl (C=O) groups is 2. The summed E-state index contributed by atoms with van der Waals surface area (Å²) in [6.07, 6.45) is -16.6. The molecule has 0 aromatic heterocycles. The van der Waals surface area contributed by atoms with Gasteiger partial charge in [0.1, 0.15) is 0 Å². The number of amides is 2. The van der Waals surface area contributed by atoms with Crippen molar-refractivity contribution in [3.63, 3.8) is 0 Å². The number of piperazine rings is 1. The molecule has 1 atom stereocenters. The number of anilines is 1. The third-order valence-electron chi connectivity index (χ3n) is 5.82. The van der Waals surface area contributed by atoms with Crippen LogP contribution >= 0.6 is 11.6 Å². The van der Waals surface area contributed by atoms with Gasteiger partial charge in [-0.3, -0.25) is 9.69 Å². The number of benzene rings is 1. The third kappa shape index (κ3) is 7.29. The Hall–Kier alpha value is -2.41. The number of hydrogen-bond donors (Lipinski definition) is 1. The molecule has 2 fully saturated rings. The number of alkyl halides is 6. The van der Waals surface area contributed by atoms with Crippen LogP contribution in [0.1, 0.15) is 18.9 Å². The lowest BCUT2D eigenvalue weighted by atomic mass is 10.1. The average Bonchev–Trinajstić information content (AvgIpc) is 3.19.